The predicted octanol–water partition coefficient (Wildman–Crippen LogP) is 2.62. The smallest absolute Gasteiger partial charge is 0.214 e. The van der Waals surface area contributed by atoms with Gasteiger partial charge in [0.05, 0.1) is 7.11 Å². The number of hydrogen-bond acceptors (Lipinski definition) is 5. The summed E-state index contributed by atoms with van der Waals surface area (Å²) < 4.78 is 10.6. The molecule has 0 bridgehead atoms. The summed E-state index contributed by atoms with van der Waals surface area (Å²) in [5.74, 6) is 1.94. The molecule has 0 aliphatic heterocycles. The second kappa shape index (κ2) is 7.87. The van der Waals surface area contributed by atoms with Gasteiger partial charge in [-0.1, -0.05) is 17.7 Å². The van der Waals surface area contributed by atoms with Crippen LogP contribution in [0, 0.1) is 0 Å². The number of ether oxygens (including phenoxy) is 2. The maximum Gasteiger partial charge on any atom is 0.214 e. The van der Waals surface area contributed by atoms with E-state index >= 15 is 0 Å². The minimum Gasteiger partial charge on any atom is -0.491 e. The molecule has 0 saturated heterocycles. The predicted molar refractivity (Wildman–Crippen MR) is 87.0 cm³/mol. The Balaban J connectivity index is 1.85. The summed E-state index contributed by atoms with van der Waals surface area (Å²) in [5, 5.41) is 10.7. The number of anilines is 1. The topological polar surface area (TPSA) is 54.8 Å². The first-order valence-electron chi connectivity index (χ1n) is 6.87. The Morgan fingerprint density at radius 2 is 1.95 bits per heavy atom. The van der Waals surface area contributed by atoms with Crippen LogP contribution in [0.15, 0.2) is 42.5 Å². The lowest BCUT2D eigenvalue weighted by molar-refractivity contribution is 0.113. The van der Waals surface area contributed by atoms with Crippen LogP contribution in [-0.4, -0.2) is 43.5 Å². The molecule has 6 heteroatoms. The SMILES string of the molecule is COc1cccc(N(C)CC(O)COc2ccc(Cl)cc2)n1. The van der Waals surface area contributed by atoms with Gasteiger partial charge in [0.2, 0.25) is 5.88 Å². The second-order valence-corrected chi connectivity index (χ2v) is 5.27. The Kier molecular flexibility index (Phi) is 5.86. The number of aliphatic hydroxyl groups is 1. The fourth-order valence-electron chi connectivity index (χ4n) is 1.92. The van der Waals surface area contributed by atoms with E-state index < -0.39 is 6.10 Å². The molecule has 2 rings (SSSR count). The molecule has 1 aromatic heterocycles. The van der Waals surface area contributed by atoms with Crippen molar-refractivity contribution in [2.24, 2.45) is 0 Å². The van der Waals surface area contributed by atoms with E-state index in [0.717, 1.165) is 5.82 Å². The lowest BCUT2D eigenvalue weighted by Gasteiger charge is -2.22. The summed E-state index contributed by atoms with van der Waals surface area (Å²) in [6.07, 6.45) is -0.645. The molecular formula is C16H19ClN2O3. The summed E-state index contributed by atoms with van der Waals surface area (Å²) in [7, 11) is 3.42. The fraction of sp³-hybridized carbons (Fsp3) is 0.312. The van der Waals surface area contributed by atoms with E-state index in [0.29, 0.717) is 23.2 Å². The summed E-state index contributed by atoms with van der Waals surface area (Å²) >= 11 is 5.81. The highest BCUT2D eigenvalue weighted by molar-refractivity contribution is 6.30. The van der Waals surface area contributed by atoms with Crippen LogP contribution in [-0.2, 0) is 0 Å². The first kappa shape index (κ1) is 16.4. The number of rotatable bonds is 7. The summed E-state index contributed by atoms with van der Waals surface area (Å²) in [6.45, 7) is 0.587. The number of pyridine rings is 1. The third-order valence-electron chi connectivity index (χ3n) is 3.05. The number of nitrogens with zero attached hydrogens (tertiary/aromatic N) is 2. The Hall–Kier alpha value is -1.98. The van der Waals surface area contributed by atoms with Crippen molar-refractivity contribution in [2.45, 2.75) is 6.10 Å². The molecule has 0 spiro atoms. The van der Waals surface area contributed by atoms with Gasteiger partial charge in [-0.2, -0.15) is 4.98 Å². The van der Waals surface area contributed by atoms with Crippen LogP contribution in [0.5, 0.6) is 11.6 Å². The Morgan fingerprint density at radius 1 is 1.23 bits per heavy atom. The van der Waals surface area contributed by atoms with Crippen LogP contribution in [0.1, 0.15) is 0 Å². The van der Waals surface area contributed by atoms with Crippen LogP contribution in [0.2, 0.25) is 5.02 Å². The van der Waals surface area contributed by atoms with Crippen molar-refractivity contribution < 1.29 is 14.6 Å². The zero-order valence-corrected chi connectivity index (χ0v) is 13.3. The van der Waals surface area contributed by atoms with Crippen LogP contribution < -0.4 is 14.4 Å². The van der Waals surface area contributed by atoms with Crippen LogP contribution in [0.3, 0.4) is 0 Å². The Bertz CT molecular complexity index is 592. The van der Waals surface area contributed by atoms with Gasteiger partial charge in [-0.15, -0.1) is 0 Å². The molecule has 2 aromatic rings. The summed E-state index contributed by atoms with van der Waals surface area (Å²) in [5.41, 5.74) is 0. The maximum absolute atomic E-state index is 10.1. The largest absolute Gasteiger partial charge is 0.491 e. The fourth-order valence-corrected chi connectivity index (χ4v) is 2.04. The molecule has 0 aliphatic carbocycles. The third kappa shape index (κ3) is 4.79. The molecule has 22 heavy (non-hydrogen) atoms. The molecule has 1 atom stereocenters. The average molecular weight is 323 g/mol. The van der Waals surface area contributed by atoms with E-state index in [1.54, 1.807) is 37.4 Å². The summed E-state index contributed by atoms with van der Waals surface area (Å²) in [4.78, 5) is 6.15. The number of aliphatic hydroxyl groups excluding tert-OH is 1. The summed E-state index contributed by atoms with van der Waals surface area (Å²) in [6, 6.07) is 12.5. The Labute approximate surface area is 135 Å². The van der Waals surface area contributed by atoms with Gasteiger partial charge in [0.1, 0.15) is 24.3 Å². The van der Waals surface area contributed by atoms with Gasteiger partial charge in [-0.25, -0.2) is 0 Å². The highest BCUT2D eigenvalue weighted by Gasteiger charge is 2.11. The molecule has 0 saturated carbocycles. The van der Waals surface area contributed by atoms with Crippen molar-refractivity contribution in [2.75, 3.05) is 32.2 Å². The Morgan fingerprint density at radius 3 is 2.64 bits per heavy atom. The van der Waals surface area contributed by atoms with Crippen molar-refractivity contribution in [3.05, 3.63) is 47.5 Å². The van der Waals surface area contributed by atoms with Gasteiger partial charge in [0.15, 0.2) is 0 Å². The molecule has 1 N–H and O–H groups in total. The molecule has 1 unspecified atom stereocenters. The number of benzene rings is 1. The molecule has 0 radical (unpaired) electrons. The zero-order valence-electron chi connectivity index (χ0n) is 12.6. The molecule has 1 aromatic carbocycles. The first-order chi connectivity index (χ1) is 10.6. The number of halogens is 1. The quantitative estimate of drug-likeness (QED) is 0.849. The molecule has 0 fully saturated rings. The van der Waals surface area contributed by atoms with Gasteiger partial charge < -0.3 is 19.5 Å². The first-order valence-corrected chi connectivity index (χ1v) is 7.25. The normalized spacial score (nSPS) is 11.8. The van der Waals surface area contributed by atoms with Crippen LogP contribution in [0.25, 0.3) is 0 Å². The lowest BCUT2D eigenvalue weighted by atomic mass is 10.3. The average Bonchev–Trinajstić information content (AvgIpc) is 2.54. The van der Waals surface area contributed by atoms with Gasteiger partial charge >= 0.3 is 0 Å². The van der Waals surface area contributed by atoms with Crippen molar-refractivity contribution in [3.63, 3.8) is 0 Å². The van der Waals surface area contributed by atoms with E-state index in [9.17, 15) is 5.11 Å². The van der Waals surface area contributed by atoms with Gasteiger partial charge in [0, 0.05) is 24.7 Å². The molecular weight excluding hydrogens is 304 g/mol. The van der Waals surface area contributed by atoms with E-state index in [2.05, 4.69) is 4.98 Å². The number of hydrogen-bond donors (Lipinski definition) is 1. The zero-order chi connectivity index (χ0) is 15.9. The molecule has 0 aliphatic rings. The van der Waals surface area contributed by atoms with E-state index in [1.165, 1.54) is 0 Å². The van der Waals surface area contributed by atoms with Crippen molar-refractivity contribution >= 4 is 17.4 Å². The van der Waals surface area contributed by atoms with E-state index in [-0.39, 0.29) is 6.61 Å². The number of aromatic nitrogens is 1. The van der Waals surface area contributed by atoms with Crippen molar-refractivity contribution in [3.8, 4) is 11.6 Å². The van der Waals surface area contributed by atoms with Crippen LogP contribution in [0.4, 0.5) is 5.82 Å². The standard InChI is InChI=1S/C16H19ClN2O3/c1-19(15-4-3-5-16(18-15)21-2)10-13(20)11-22-14-8-6-12(17)7-9-14/h3-9,13,20H,10-11H2,1-2H3. The minimum atomic E-state index is -0.645. The van der Waals surface area contributed by atoms with E-state index in [4.69, 9.17) is 21.1 Å². The minimum absolute atomic E-state index is 0.190. The van der Waals surface area contributed by atoms with Gasteiger partial charge in [-0.3, -0.25) is 0 Å². The van der Waals surface area contributed by atoms with Gasteiger partial charge in [-0.05, 0) is 30.3 Å². The van der Waals surface area contributed by atoms with Gasteiger partial charge in [0.25, 0.3) is 0 Å². The monoisotopic (exact) mass is 322 g/mol. The lowest BCUT2D eigenvalue weighted by Crippen LogP contribution is -2.33. The van der Waals surface area contributed by atoms with Crippen molar-refractivity contribution in [1.82, 2.24) is 4.98 Å². The highest BCUT2D eigenvalue weighted by atomic mass is 35.5. The van der Waals surface area contributed by atoms with E-state index in [1.807, 2.05) is 24.1 Å². The molecule has 5 nitrogen and oxygen atoms in total. The maximum atomic E-state index is 10.1. The number of likely N-dealkylation sites (N-methyl/N-ethyl adjacent to an activating group) is 1. The molecule has 0 amide bonds. The second-order valence-electron chi connectivity index (χ2n) is 4.84. The van der Waals surface area contributed by atoms with Crippen molar-refractivity contribution in [1.29, 1.82) is 0 Å². The highest BCUT2D eigenvalue weighted by Crippen LogP contribution is 2.17. The molecule has 118 valence electrons. The van der Waals surface area contributed by atoms with Crippen LogP contribution >= 0.6 is 11.6 Å². The number of methoxy groups -OCH3 is 1. The molecule has 1 heterocycles. The third-order valence-corrected chi connectivity index (χ3v) is 3.30.